The van der Waals surface area contributed by atoms with Crippen LogP contribution in [-0.2, 0) is 14.3 Å². The van der Waals surface area contributed by atoms with E-state index in [4.69, 9.17) is 4.74 Å². The van der Waals surface area contributed by atoms with Crippen LogP contribution >= 0.6 is 0 Å². The van der Waals surface area contributed by atoms with E-state index in [1.165, 1.54) is 7.11 Å². The molecule has 15 heavy (non-hydrogen) atoms. The highest BCUT2D eigenvalue weighted by Gasteiger charge is 2.39. The van der Waals surface area contributed by atoms with Crippen LogP contribution in [0.1, 0.15) is 25.7 Å². The fourth-order valence-corrected chi connectivity index (χ4v) is 2.69. The van der Waals surface area contributed by atoms with Crippen LogP contribution in [0.4, 0.5) is 0 Å². The molecular weight excluding hydrogens is 192 g/mol. The fourth-order valence-electron chi connectivity index (χ4n) is 2.69. The van der Waals surface area contributed by atoms with E-state index >= 15 is 0 Å². The lowest BCUT2D eigenvalue weighted by Crippen LogP contribution is -2.36. The van der Waals surface area contributed by atoms with E-state index in [1.807, 2.05) is 0 Å². The summed E-state index contributed by atoms with van der Waals surface area (Å²) in [5.41, 5.74) is 0. The van der Waals surface area contributed by atoms with E-state index < -0.39 is 0 Å². The monoisotopic (exact) mass is 208 g/mol. The minimum Gasteiger partial charge on any atom is -0.469 e. The zero-order valence-corrected chi connectivity index (χ0v) is 8.94. The number of hydrogen-bond donors (Lipinski definition) is 0. The van der Waals surface area contributed by atoms with E-state index in [-0.39, 0.29) is 29.5 Å². The molecule has 0 saturated heterocycles. The number of ketones is 1. The summed E-state index contributed by atoms with van der Waals surface area (Å²) in [4.78, 5) is 23.2. The third-order valence-electron chi connectivity index (χ3n) is 3.50. The normalized spacial score (nSPS) is 34.7. The van der Waals surface area contributed by atoms with Crippen molar-refractivity contribution >= 4 is 11.8 Å². The molecule has 0 aromatic rings. The predicted molar refractivity (Wildman–Crippen MR) is 55.1 cm³/mol. The van der Waals surface area contributed by atoms with Gasteiger partial charge in [0.1, 0.15) is 5.78 Å². The lowest BCUT2D eigenvalue weighted by Gasteiger charge is -2.34. The molecule has 0 N–H and O–H groups in total. The number of fused-ring (bicyclic) bond motifs is 1. The van der Waals surface area contributed by atoms with Crippen LogP contribution in [-0.4, -0.2) is 18.9 Å². The number of carbonyl (C=O) groups excluding carboxylic acids is 2. The van der Waals surface area contributed by atoms with Gasteiger partial charge in [0.05, 0.1) is 13.0 Å². The highest BCUT2D eigenvalue weighted by Crippen LogP contribution is 2.37. The van der Waals surface area contributed by atoms with Crippen molar-refractivity contribution in [2.24, 2.45) is 17.8 Å². The van der Waals surface area contributed by atoms with Crippen LogP contribution in [0.5, 0.6) is 0 Å². The average molecular weight is 208 g/mol. The Hall–Kier alpha value is -1.12. The van der Waals surface area contributed by atoms with Crippen molar-refractivity contribution in [3.63, 3.8) is 0 Å². The Morgan fingerprint density at radius 1 is 1.53 bits per heavy atom. The van der Waals surface area contributed by atoms with Crippen LogP contribution in [0.25, 0.3) is 0 Å². The molecule has 0 spiro atoms. The molecule has 2 aliphatic rings. The number of allylic oxidation sites excluding steroid dienone is 2. The van der Waals surface area contributed by atoms with Gasteiger partial charge in [0.25, 0.3) is 0 Å². The second-order valence-corrected chi connectivity index (χ2v) is 4.40. The van der Waals surface area contributed by atoms with Crippen LogP contribution in [0.3, 0.4) is 0 Å². The lowest BCUT2D eigenvalue weighted by molar-refractivity contribution is -0.150. The Bertz CT molecular complexity index is 306. The number of methoxy groups -OCH3 is 1. The maximum atomic E-state index is 11.8. The van der Waals surface area contributed by atoms with Crippen molar-refractivity contribution in [2.75, 3.05) is 7.11 Å². The summed E-state index contributed by atoms with van der Waals surface area (Å²) in [6, 6.07) is 0. The van der Waals surface area contributed by atoms with Crippen molar-refractivity contribution in [3.05, 3.63) is 12.2 Å². The van der Waals surface area contributed by atoms with Crippen LogP contribution in [0.2, 0.25) is 0 Å². The summed E-state index contributed by atoms with van der Waals surface area (Å²) in [6.45, 7) is 0. The molecule has 3 atom stereocenters. The molecule has 1 fully saturated rings. The van der Waals surface area contributed by atoms with Gasteiger partial charge in [-0.25, -0.2) is 0 Å². The summed E-state index contributed by atoms with van der Waals surface area (Å²) in [5, 5.41) is 0. The van der Waals surface area contributed by atoms with Crippen LogP contribution in [0.15, 0.2) is 12.2 Å². The quantitative estimate of drug-likeness (QED) is 0.487. The molecule has 0 aliphatic heterocycles. The molecule has 0 aromatic carbocycles. The standard InChI is InChI=1S/C12H16O3/c1-15-12(14)9-6-8-4-2-3-5-10(8)11(13)7-9/h2,4,8-10H,3,5-7H2,1H3/t8-,9-,10+/m1/s1. The molecule has 0 bridgehead atoms. The first-order valence-corrected chi connectivity index (χ1v) is 5.49. The highest BCUT2D eigenvalue weighted by atomic mass is 16.5. The molecule has 0 aromatic heterocycles. The maximum absolute atomic E-state index is 11.8. The maximum Gasteiger partial charge on any atom is 0.309 e. The van der Waals surface area contributed by atoms with Gasteiger partial charge < -0.3 is 4.74 Å². The van der Waals surface area contributed by atoms with E-state index in [2.05, 4.69) is 12.2 Å². The second-order valence-electron chi connectivity index (χ2n) is 4.40. The first-order chi connectivity index (χ1) is 7.22. The summed E-state index contributed by atoms with van der Waals surface area (Å²) in [7, 11) is 1.38. The Labute approximate surface area is 89.5 Å². The number of Topliss-reactive ketones (excluding diaryl/α,β-unsaturated/α-hetero) is 1. The minimum absolute atomic E-state index is 0.163. The summed E-state index contributed by atoms with van der Waals surface area (Å²) >= 11 is 0. The van der Waals surface area contributed by atoms with E-state index in [1.54, 1.807) is 0 Å². The van der Waals surface area contributed by atoms with Crippen molar-refractivity contribution in [2.45, 2.75) is 25.7 Å². The molecule has 3 nitrogen and oxygen atoms in total. The van der Waals surface area contributed by atoms with Crippen molar-refractivity contribution < 1.29 is 14.3 Å². The summed E-state index contributed by atoms with van der Waals surface area (Å²) < 4.78 is 4.70. The van der Waals surface area contributed by atoms with Crippen LogP contribution in [0, 0.1) is 17.8 Å². The highest BCUT2D eigenvalue weighted by molar-refractivity contribution is 5.88. The van der Waals surface area contributed by atoms with Gasteiger partial charge in [-0.1, -0.05) is 12.2 Å². The van der Waals surface area contributed by atoms with Gasteiger partial charge in [0.15, 0.2) is 0 Å². The number of rotatable bonds is 1. The first kappa shape index (κ1) is 10.4. The molecule has 0 amide bonds. The Kier molecular flexibility index (Phi) is 2.89. The van der Waals surface area contributed by atoms with E-state index in [0.29, 0.717) is 6.42 Å². The SMILES string of the molecule is COC(=O)[C@H]1CC(=O)[C@H]2CCC=C[C@@H]2C1. The average Bonchev–Trinajstić information content (AvgIpc) is 2.28. The molecular formula is C12H16O3. The zero-order chi connectivity index (χ0) is 10.8. The number of ether oxygens (including phenoxy) is 1. The van der Waals surface area contributed by atoms with Crippen molar-refractivity contribution in [1.29, 1.82) is 0 Å². The van der Waals surface area contributed by atoms with Gasteiger partial charge in [-0.15, -0.1) is 0 Å². The Balaban J connectivity index is 2.11. The predicted octanol–water partition coefficient (Wildman–Crippen LogP) is 1.72. The van der Waals surface area contributed by atoms with E-state index in [9.17, 15) is 9.59 Å². The van der Waals surface area contributed by atoms with Gasteiger partial charge in [0.2, 0.25) is 0 Å². The molecule has 2 aliphatic carbocycles. The summed E-state index contributed by atoms with van der Waals surface area (Å²) in [6.07, 6.45) is 7.32. The van der Waals surface area contributed by atoms with Gasteiger partial charge in [-0.05, 0) is 25.2 Å². The van der Waals surface area contributed by atoms with E-state index in [0.717, 1.165) is 19.3 Å². The second kappa shape index (κ2) is 4.17. The number of hydrogen-bond acceptors (Lipinski definition) is 3. The van der Waals surface area contributed by atoms with Gasteiger partial charge >= 0.3 is 5.97 Å². The molecule has 0 radical (unpaired) electrons. The van der Waals surface area contributed by atoms with Crippen molar-refractivity contribution in [3.8, 4) is 0 Å². The van der Waals surface area contributed by atoms with Gasteiger partial charge in [0, 0.05) is 12.3 Å². The third-order valence-corrected chi connectivity index (χ3v) is 3.50. The summed E-state index contributed by atoms with van der Waals surface area (Å²) in [5.74, 6) is 0.221. The Morgan fingerprint density at radius 2 is 2.33 bits per heavy atom. The fraction of sp³-hybridized carbons (Fsp3) is 0.667. The number of carbonyl (C=O) groups is 2. The molecule has 2 rings (SSSR count). The van der Waals surface area contributed by atoms with Gasteiger partial charge in [-0.3, -0.25) is 9.59 Å². The third kappa shape index (κ3) is 1.96. The molecule has 82 valence electrons. The van der Waals surface area contributed by atoms with Gasteiger partial charge in [-0.2, -0.15) is 0 Å². The first-order valence-electron chi connectivity index (χ1n) is 5.49. The lowest BCUT2D eigenvalue weighted by atomic mass is 9.69. The molecule has 1 saturated carbocycles. The van der Waals surface area contributed by atoms with Crippen LogP contribution < -0.4 is 0 Å². The topological polar surface area (TPSA) is 43.4 Å². The molecule has 3 heteroatoms. The molecule has 0 unspecified atom stereocenters. The smallest absolute Gasteiger partial charge is 0.309 e. The Morgan fingerprint density at radius 3 is 3.07 bits per heavy atom. The van der Waals surface area contributed by atoms with Crippen molar-refractivity contribution in [1.82, 2.24) is 0 Å². The minimum atomic E-state index is -0.235. The zero-order valence-electron chi connectivity index (χ0n) is 8.94. The molecule has 0 heterocycles. The largest absolute Gasteiger partial charge is 0.469 e. The number of esters is 1.